The van der Waals surface area contributed by atoms with Gasteiger partial charge in [-0.25, -0.2) is 0 Å². The van der Waals surface area contributed by atoms with Crippen molar-refractivity contribution in [2.24, 2.45) is 5.73 Å². The first-order chi connectivity index (χ1) is 8.52. The van der Waals surface area contributed by atoms with E-state index in [2.05, 4.69) is 0 Å². The number of hydrogen-bond acceptors (Lipinski definition) is 3. The van der Waals surface area contributed by atoms with Crippen molar-refractivity contribution in [2.75, 3.05) is 6.54 Å². The topological polar surface area (TPSA) is 42.4 Å². The second-order valence-corrected chi connectivity index (χ2v) is 4.62. The van der Waals surface area contributed by atoms with Gasteiger partial charge < -0.3 is 10.2 Å². The highest BCUT2D eigenvalue weighted by Gasteiger charge is 2.47. The van der Waals surface area contributed by atoms with Crippen LogP contribution in [0, 0.1) is 0 Å². The average molecular weight is 262 g/mol. The lowest BCUT2D eigenvalue weighted by atomic mass is 10.1. The smallest absolute Gasteiger partial charge is 0.404 e. The molecule has 1 aromatic rings. The van der Waals surface area contributed by atoms with Crippen LogP contribution in [-0.4, -0.2) is 29.7 Å². The summed E-state index contributed by atoms with van der Waals surface area (Å²) >= 11 is 0. The third-order valence-electron chi connectivity index (χ3n) is 3.15. The van der Waals surface area contributed by atoms with Crippen molar-refractivity contribution in [1.82, 2.24) is 4.90 Å². The third kappa shape index (κ3) is 3.26. The van der Waals surface area contributed by atoms with Crippen molar-refractivity contribution in [3.05, 3.63) is 24.2 Å². The third-order valence-corrected chi connectivity index (χ3v) is 3.15. The van der Waals surface area contributed by atoms with Gasteiger partial charge in [0.05, 0.1) is 12.8 Å². The van der Waals surface area contributed by atoms with Gasteiger partial charge in [0.2, 0.25) is 0 Å². The minimum absolute atomic E-state index is 0.00766. The van der Waals surface area contributed by atoms with E-state index >= 15 is 0 Å². The van der Waals surface area contributed by atoms with E-state index < -0.39 is 12.2 Å². The molecule has 1 saturated carbocycles. The molecular formula is C12H17F3N2O. The zero-order chi connectivity index (χ0) is 13.2. The van der Waals surface area contributed by atoms with E-state index in [0.29, 0.717) is 5.76 Å². The Morgan fingerprint density at radius 2 is 2.17 bits per heavy atom. The number of rotatable bonds is 6. The van der Waals surface area contributed by atoms with Crippen LogP contribution in [0.25, 0.3) is 0 Å². The Balaban J connectivity index is 2.11. The molecule has 1 heterocycles. The lowest BCUT2D eigenvalue weighted by Gasteiger charge is -2.32. The van der Waals surface area contributed by atoms with Crippen LogP contribution < -0.4 is 5.73 Å². The van der Waals surface area contributed by atoms with E-state index in [9.17, 15) is 13.2 Å². The molecule has 1 unspecified atom stereocenters. The van der Waals surface area contributed by atoms with E-state index in [1.165, 1.54) is 11.2 Å². The molecule has 0 bridgehead atoms. The predicted octanol–water partition coefficient (Wildman–Crippen LogP) is 2.52. The van der Waals surface area contributed by atoms with Gasteiger partial charge in [-0.2, -0.15) is 13.2 Å². The van der Waals surface area contributed by atoms with Crippen molar-refractivity contribution >= 4 is 0 Å². The van der Waals surface area contributed by atoms with Gasteiger partial charge in [0.1, 0.15) is 11.8 Å². The molecule has 0 aromatic carbocycles. The molecule has 0 radical (unpaired) electrons. The largest absolute Gasteiger partial charge is 0.468 e. The molecule has 102 valence electrons. The molecule has 0 spiro atoms. The van der Waals surface area contributed by atoms with Gasteiger partial charge in [0, 0.05) is 6.04 Å². The highest BCUT2D eigenvalue weighted by molar-refractivity contribution is 5.01. The van der Waals surface area contributed by atoms with E-state index in [0.717, 1.165) is 12.8 Å². The molecule has 1 aromatic heterocycles. The minimum atomic E-state index is -4.24. The monoisotopic (exact) mass is 262 g/mol. The second-order valence-electron chi connectivity index (χ2n) is 4.62. The maximum absolute atomic E-state index is 13.0. The van der Waals surface area contributed by atoms with Gasteiger partial charge in [0.15, 0.2) is 0 Å². The van der Waals surface area contributed by atoms with Crippen LogP contribution in [0.15, 0.2) is 22.8 Å². The fourth-order valence-electron chi connectivity index (χ4n) is 2.16. The van der Waals surface area contributed by atoms with Gasteiger partial charge in [-0.15, -0.1) is 0 Å². The summed E-state index contributed by atoms with van der Waals surface area (Å²) in [4.78, 5) is 1.48. The molecule has 2 rings (SSSR count). The van der Waals surface area contributed by atoms with Gasteiger partial charge in [-0.1, -0.05) is 0 Å². The maximum Gasteiger partial charge on any atom is 0.404 e. The van der Waals surface area contributed by atoms with Crippen LogP contribution in [0.1, 0.15) is 25.0 Å². The van der Waals surface area contributed by atoms with Gasteiger partial charge in [0.25, 0.3) is 0 Å². The standard InChI is InChI=1S/C12H17F3N2O/c13-12(14,15)11(5-6-16)17(9-3-4-9)8-10-2-1-7-18-10/h1-2,7,9,11H,3-6,8,16H2. The summed E-state index contributed by atoms with van der Waals surface area (Å²) in [5.41, 5.74) is 5.31. The number of nitrogens with zero attached hydrogens (tertiary/aromatic N) is 1. The summed E-state index contributed by atoms with van der Waals surface area (Å²) in [5.74, 6) is 0.563. The van der Waals surface area contributed by atoms with Crippen LogP contribution in [0.5, 0.6) is 0 Å². The van der Waals surface area contributed by atoms with Crippen LogP contribution in [0.3, 0.4) is 0 Å². The summed E-state index contributed by atoms with van der Waals surface area (Å²) in [6, 6.07) is 1.92. The fraction of sp³-hybridized carbons (Fsp3) is 0.667. The summed E-state index contributed by atoms with van der Waals surface area (Å²) in [6.07, 6.45) is -1.20. The first-order valence-corrected chi connectivity index (χ1v) is 6.07. The number of hydrogen-bond donors (Lipinski definition) is 1. The lowest BCUT2D eigenvalue weighted by molar-refractivity contribution is -0.188. The van der Waals surface area contributed by atoms with Crippen LogP contribution >= 0.6 is 0 Å². The molecule has 1 aliphatic rings. The minimum Gasteiger partial charge on any atom is -0.468 e. The molecule has 6 heteroatoms. The summed E-state index contributed by atoms with van der Waals surface area (Å²) in [7, 11) is 0. The van der Waals surface area contributed by atoms with E-state index in [-0.39, 0.29) is 25.6 Å². The predicted molar refractivity (Wildman–Crippen MR) is 60.8 cm³/mol. The van der Waals surface area contributed by atoms with Crippen LogP contribution in [0.2, 0.25) is 0 Å². The Bertz CT molecular complexity index is 360. The van der Waals surface area contributed by atoms with Gasteiger partial charge >= 0.3 is 6.18 Å². The summed E-state index contributed by atoms with van der Waals surface area (Å²) < 4.78 is 44.3. The fourth-order valence-corrected chi connectivity index (χ4v) is 2.16. The van der Waals surface area contributed by atoms with Gasteiger partial charge in [-0.3, -0.25) is 4.90 Å². The Kier molecular flexibility index (Phi) is 3.97. The molecule has 1 atom stereocenters. The molecule has 0 amide bonds. The van der Waals surface area contributed by atoms with Crippen molar-refractivity contribution in [1.29, 1.82) is 0 Å². The number of halogens is 3. The zero-order valence-electron chi connectivity index (χ0n) is 9.99. The van der Waals surface area contributed by atoms with Crippen molar-refractivity contribution < 1.29 is 17.6 Å². The molecule has 2 N–H and O–H groups in total. The first-order valence-electron chi connectivity index (χ1n) is 6.07. The van der Waals surface area contributed by atoms with Crippen molar-refractivity contribution in [2.45, 2.75) is 44.1 Å². The molecule has 1 aliphatic carbocycles. The Morgan fingerprint density at radius 3 is 2.61 bits per heavy atom. The Hall–Kier alpha value is -1.01. The van der Waals surface area contributed by atoms with Crippen LogP contribution in [-0.2, 0) is 6.54 Å². The number of furan rings is 1. The van der Waals surface area contributed by atoms with E-state index in [4.69, 9.17) is 10.2 Å². The lowest BCUT2D eigenvalue weighted by Crippen LogP contribution is -2.47. The SMILES string of the molecule is NCCC(N(Cc1ccco1)C1CC1)C(F)(F)F. The molecule has 0 aliphatic heterocycles. The van der Waals surface area contributed by atoms with Crippen molar-refractivity contribution in [3.63, 3.8) is 0 Å². The normalized spacial score (nSPS) is 18.3. The van der Waals surface area contributed by atoms with E-state index in [1.54, 1.807) is 12.1 Å². The highest BCUT2D eigenvalue weighted by atomic mass is 19.4. The Morgan fingerprint density at radius 1 is 1.44 bits per heavy atom. The van der Waals surface area contributed by atoms with E-state index in [1.807, 2.05) is 0 Å². The van der Waals surface area contributed by atoms with Crippen molar-refractivity contribution in [3.8, 4) is 0 Å². The molecular weight excluding hydrogens is 245 g/mol. The molecule has 18 heavy (non-hydrogen) atoms. The quantitative estimate of drug-likeness (QED) is 0.856. The average Bonchev–Trinajstić information content (AvgIpc) is 3.00. The molecule has 1 fully saturated rings. The number of nitrogens with two attached hydrogens (primary N) is 1. The zero-order valence-corrected chi connectivity index (χ0v) is 9.99. The highest BCUT2D eigenvalue weighted by Crippen LogP contribution is 2.37. The molecule has 0 saturated heterocycles. The number of alkyl halides is 3. The second kappa shape index (κ2) is 5.32. The maximum atomic E-state index is 13.0. The van der Waals surface area contributed by atoms with Crippen LogP contribution in [0.4, 0.5) is 13.2 Å². The van der Waals surface area contributed by atoms with Gasteiger partial charge in [-0.05, 0) is 37.9 Å². The molecule has 3 nitrogen and oxygen atoms in total. The summed E-state index contributed by atoms with van der Waals surface area (Å²) in [5, 5.41) is 0. The first kappa shape index (κ1) is 13.4. The Labute approximate surface area is 104 Å². The summed E-state index contributed by atoms with van der Waals surface area (Å²) in [6.45, 7) is 0.230.